The standard InChI is InChI=1S/C13H16Cl2N2O3S/c1-21(19,20)17(7-6-16-13(18)9-2-3-9)10-4-5-11(14)12(15)8-10/h4-5,8-9H,2-3,6-7H2,1H3,(H,16,18). The Morgan fingerprint density at radius 1 is 1.33 bits per heavy atom. The van der Waals surface area contributed by atoms with Crippen molar-refractivity contribution in [1.82, 2.24) is 5.32 Å². The first kappa shape index (κ1) is 16.4. The minimum Gasteiger partial charge on any atom is -0.354 e. The summed E-state index contributed by atoms with van der Waals surface area (Å²) in [4.78, 5) is 11.6. The fraction of sp³-hybridized carbons (Fsp3) is 0.462. The van der Waals surface area contributed by atoms with E-state index in [1.54, 1.807) is 12.1 Å². The zero-order valence-corrected chi connectivity index (χ0v) is 13.8. The lowest BCUT2D eigenvalue weighted by molar-refractivity contribution is -0.122. The molecule has 1 N–H and O–H groups in total. The van der Waals surface area contributed by atoms with Gasteiger partial charge in [-0.25, -0.2) is 8.42 Å². The Kier molecular flexibility index (Phi) is 5.01. The third-order valence-electron chi connectivity index (χ3n) is 3.15. The number of carbonyl (C=O) groups excluding carboxylic acids is 1. The molecule has 2 rings (SSSR count). The van der Waals surface area contributed by atoms with Crippen molar-refractivity contribution in [3.05, 3.63) is 28.2 Å². The van der Waals surface area contributed by atoms with Gasteiger partial charge in [-0.15, -0.1) is 0 Å². The van der Waals surface area contributed by atoms with Crippen LogP contribution in [0.15, 0.2) is 18.2 Å². The SMILES string of the molecule is CS(=O)(=O)N(CCNC(=O)C1CC1)c1ccc(Cl)c(Cl)c1. The van der Waals surface area contributed by atoms with Crippen LogP contribution in [-0.4, -0.2) is 33.7 Å². The second-order valence-corrected chi connectivity index (χ2v) is 7.72. The van der Waals surface area contributed by atoms with Gasteiger partial charge in [0.2, 0.25) is 15.9 Å². The summed E-state index contributed by atoms with van der Waals surface area (Å²) < 4.78 is 25.0. The number of hydrogen-bond donors (Lipinski definition) is 1. The van der Waals surface area contributed by atoms with Crippen LogP contribution < -0.4 is 9.62 Å². The maximum atomic E-state index is 11.9. The molecule has 21 heavy (non-hydrogen) atoms. The summed E-state index contributed by atoms with van der Waals surface area (Å²) in [7, 11) is -3.47. The number of sulfonamides is 1. The molecule has 1 aliphatic carbocycles. The molecule has 5 nitrogen and oxygen atoms in total. The predicted molar refractivity (Wildman–Crippen MR) is 84.4 cm³/mol. The molecule has 0 bridgehead atoms. The Balaban J connectivity index is 2.07. The molecule has 0 saturated heterocycles. The first-order valence-corrected chi connectivity index (χ1v) is 9.10. The topological polar surface area (TPSA) is 66.5 Å². The maximum Gasteiger partial charge on any atom is 0.232 e. The average Bonchev–Trinajstić information content (AvgIpc) is 3.21. The van der Waals surface area contributed by atoms with E-state index >= 15 is 0 Å². The minimum absolute atomic E-state index is 0.0161. The highest BCUT2D eigenvalue weighted by Gasteiger charge is 2.29. The van der Waals surface area contributed by atoms with Gasteiger partial charge in [-0.1, -0.05) is 23.2 Å². The molecule has 8 heteroatoms. The Labute approximate surface area is 134 Å². The van der Waals surface area contributed by atoms with Crippen molar-refractivity contribution in [2.24, 2.45) is 5.92 Å². The molecular weight excluding hydrogens is 335 g/mol. The molecule has 1 saturated carbocycles. The van der Waals surface area contributed by atoms with Crippen molar-refractivity contribution in [3.8, 4) is 0 Å². The number of carbonyl (C=O) groups is 1. The van der Waals surface area contributed by atoms with E-state index in [1.807, 2.05) is 0 Å². The number of benzene rings is 1. The number of nitrogens with one attached hydrogen (secondary N) is 1. The lowest BCUT2D eigenvalue weighted by Crippen LogP contribution is -2.38. The molecule has 0 spiro atoms. The summed E-state index contributed by atoms with van der Waals surface area (Å²) in [6.07, 6.45) is 2.93. The van der Waals surface area contributed by atoms with Crippen LogP contribution in [0.3, 0.4) is 0 Å². The third-order valence-corrected chi connectivity index (χ3v) is 5.09. The van der Waals surface area contributed by atoms with Crippen LogP contribution in [0.25, 0.3) is 0 Å². The van der Waals surface area contributed by atoms with Crippen LogP contribution in [0.4, 0.5) is 5.69 Å². The quantitative estimate of drug-likeness (QED) is 0.855. The molecule has 1 aliphatic rings. The van der Waals surface area contributed by atoms with Gasteiger partial charge in [0, 0.05) is 12.5 Å². The summed E-state index contributed by atoms with van der Waals surface area (Å²) in [5, 5.41) is 3.38. The van der Waals surface area contributed by atoms with E-state index in [0.29, 0.717) is 10.7 Å². The van der Waals surface area contributed by atoms with Crippen LogP contribution >= 0.6 is 23.2 Å². The first-order valence-electron chi connectivity index (χ1n) is 6.49. The molecule has 1 aromatic rings. The van der Waals surface area contributed by atoms with Crippen molar-refractivity contribution in [2.75, 3.05) is 23.7 Å². The number of hydrogen-bond acceptors (Lipinski definition) is 3. The van der Waals surface area contributed by atoms with Gasteiger partial charge in [0.25, 0.3) is 0 Å². The fourth-order valence-electron chi connectivity index (χ4n) is 1.90. The highest BCUT2D eigenvalue weighted by molar-refractivity contribution is 7.92. The van der Waals surface area contributed by atoms with Gasteiger partial charge in [0.1, 0.15) is 0 Å². The number of nitrogens with zero attached hydrogens (tertiary/aromatic N) is 1. The van der Waals surface area contributed by atoms with Gasteiger partial charge in [-0.05, 0) is 31.0 Å². The van der Waals surface area contributed by atoms with E-state index in [2.05, 4.69) is 5.32 Å². The highest BCUT2D eigenvalue weighted by atomic mass is 35.5. The summed E-state index contributed by atoms with van der Waals surface area (Å²) in [6, 6.07) is 4.62. The van der Waals surface area contributed by atoms with Gasteiger partial charge in [0.15, 0.2) is 0 Å². The average molecular weight is 351 g/mol. The second-order valence-electron chi connectivity index (χ2n) is 5.00. The largest absolute Gasteiger partial charge is 0.354 e. The third kappa shape index (κ3) is 4.49. The normalized spacial score (nSPS) is 14.8. The summed E-state index contributed by atoms with van der Waals surface area (Å²) in [5.74, 6) is 0.0826. The van der Waals surface area contributed by atoms with Gasteiger partial charge in [-0.3, -0.25) is 9.10 Å². The molecule has 0 aromatic heterocycles. The van der Waals surface area contributed by atoms with E-state index in [-0.39, 0.29) is 29.9 Å². The first-order chi connectivity index (χ1) is 9.79. The van der Waals surface area contributed by atoms with Crippen LogP contribution in [0.1, 0.15) is 12.8 Å². The van der Waals surface area contributed by atoms with Crippen molar-refractivity contribution in [3.63, 3.8) is 0 Å². The van der Waals surface area contributed by atoms with Gasteiger partial charge in [0.05, 0.1) is 28.5 Å². The van der Waals surface area contributed by atoms with Crippen LogP contribution in [-0.2, 0) is 14.8 Å². The van der Waals surface area contributed by atoms with E-state index in [9.17, 15) is 13.2 Å². The Morgan fingerprint density at radius 2 is 2.00 bits per heavy atom. The van der Waals surface area contributed by atoms with Crippen molar-refractivity contribution in [2.45, 2.75) is 12.8 Å². The molecule has 0 heterocycles. The number of rotatable bonds is 6. The molecule has 0 radical (unpaired) electrons. The molecule has 1 fully saturated rings. The Bertz CT molecular complexity index is 645. The molecule has 1 aromatic carbocycles. The smallest absolute Gasteiger partial charge is 0.232 e. The molecule has 0 aliphatic heterocycles. The zero-order valence-electron chi connectivity index (χ0n) is 11.5. The fourth-order valence-corrected chi connectivity index (χ4v) is 3.11. The van der Waals surface area contributed by atoms with Crippen LogP contribution in [0.2, 0.25) is 10.0 Å². The zero-order chi connectivity index (χ0) is 15.6. The number of halogens is 2. The van der Waals surface area contributed by atoms with E-state index in [1.165, 1.54) is 10.4 Å². The monoisotopic (exact) mass is 350 g/mol. The van der Waals surface area contributed by atoms with Crippen molar-refractivity contribution < 1.29 is 13.2 Å². The highest BCUT2D eigenvalue weighted by Crippen LogP contribution is 2.29. The van der Waals surface area contributed by atoms with Gasteiger partial charge >= 0.3 is 0 Å². The number of amides is 1. The molecule has 116 valence electrons. The molecule has 0 atom stereocenters. The Morgan fingerprint density at radius 3 is 2.52 bits per heavy atom. The maximum absolute atomic E-state index is 11.9. The van der Waals surface area contributed by atoms with E-state index < -0.39 is 10.0 Å². The predicted octanol–water partition coefficient (Wildman–Crippen LogP) is 2.29. The summed E-state index contributed by atoms with van der Waals surface area (Å²) >= 11 is 11.7. The minimum atomic E-state index is -3.47. The van der Waals surface area contributed by atoms with Gasteiger partial charge in [-0.2, -0.15) is 0 Å². The van der Waals surface area contributed by atoms with Gasteiger partial charge < -0.3 is 5.32 Å². The van der Waals surface area contributed by atoms with E-state index in [4.69, 9.17) is 23.2 Å². The van der Waals surface area contributed by atoms with Crippen LogP contribution in [0, 0.1) is 5.92 Å². The van der Waals surface area contributed by atoms with Crippen molar-refractivity contribution in [1.29, 1.82) is 0 Å². The second kappa shape index (κ2) is 6.42. The molecule has 1 amide bonds. The van der Waals surface area contributed by atoms with E-state index in [0.717, 1.165) is 19.1 Å². The van der Waals surface area contributed by atoms with Crippen molar-refractivity contribution >= 4 is 44.8 Å². The van der Waals surface area contributed by atoms with Crippen LogP contribution in [0.5, 0.6) is 0 Å². The summed E-state index contributed by atoms with van der Waals surface area (Å²) in [6.45, 7) is 0.401. The lowest BCUT2D eigenvalue weighted by atomic mass is 10.3. The lowest BCUT2D eigenvalue weighted by Gasteiger charge is -2.23. The summed E-state index contributed by atoms with van der Waals surface area (Å²) in [5.41, 5.74) is 0.424. The number of anilines is 1. The molecule has 0 unspecified atom stereocenters. The Hall–Kier alpha value is -0.980. The molecular formula is C13H16Cl2N2O3S.